The Morgan fingerprint density at radius 2 is 2.00 bits per heavy atom. The van der Waals surface area contributed by atoms with Crippen LogP contribution in [0.1, 0.15) is 15.9 Å². The number of ketones is 1. The van der Waals surface area contributed by atoms with Crippen LogP contribution in [-0.4, -0.2) is 12.9 Å². The minimum atomic E-state index is -0.582. The maximum absolute atomic E-state index is 13.9. The first-order valence-corrected chi connectivity index (χ1v) is 6.20. The van der Waals surface area contributed by atoms with Gasteiger partial charge in [-0.05, 0) is 29.8 Å². The van der Waals surface area contributed by atoms with Gasteiger partial charge in [0.2, 0.25) is 0 Å². The van der Waals surface area contributed by atoms with Crippen molar-refractivity contribution in [3.05, 3.63) is 64.2 Å². The van der Waals surface area contributed by atoms with Crippen LogP contribution in [-0.2, 0) is 6.42 Å². The molecule has 0 radical (unpaired) electrons. The zero-order chi connectivity index (χ0) is 14.7. The molecule has 0 aliphatic heterocycles. The summed E-state index contributed by atoms with van der Waals surface area (Å²) >= 11 is 5.81. The van der Waals surface area contributed by atoms with Gasteiger partial charge in [-0.1, -0.05) is 23.7 Å². The van der Waals surface area contributed by atoms with Crippen molar-refractivity contribution in [3.8, 4) is 5.75 Å². The normalized spacial score (nSPS) is 10.4. The van der Waals surface area contributed by atoms with Crippen LogP contribution in [0.25, 0.3) is 0 Å². The first-order valence-electron chi connectivity index (χ1n) is 5.82. The van der Waals surface area contributed by atoms with E-state index < -0.39 is 11.6 Å². The van der Waals surface area contributed by atoms with E-state index in [1.165, 1.54) is 25.3 Å². The molecule has 20 heavy (non-hydrogen) atoms. The third kappa shape index (κ3) is 2.96. The van der Waals surface area contributed by atoms with Crippen LogP contribution >= 0.6 is 11.6 Å². The number of carbonyl (C=O) groups is 1. The van der Waals surface area contributed by atoms with Gasteiger partial charge in [0.1, 0.15) is 5.82 Å². The van der Waals surface area contributed by atoms with E-state index in [2.05, 4.69) is 0 Å². The second-order valence-corrected chi connectivity index (χ2v) is 4.56. The highest BCUT2D eigenvalue weighted by molar-refractivity contribution is 6.34. The molecule has 0 bridgehead atoms. The zero-order valence-electron chi connectivity index (χ0n) is 10.6. The molecule has 2 rings (SSSR count). The van der Waals surface area contributed by atoms with Crippen LogP contribution in [0.2, 0.25) is 5.02 Å². The Morgan fingerprint density at radius 1 is 1.25 bits per heavy atom. The monoisotopic (exact) mass is 296 g/mol. The molecule has 5 heteroatoms. The molecule has 0 aromatic heterocycles. The number of carbonyl (C=O) groups excluding carboxylic acids is 1. The lowest BCUT2D eigenvalue weighted by Crippen LogP contribution is -2.07. The molecule has 0 N–H and O–H groups in total. The lowest BCUT2D eigenvalue weighted by atomic mass is 10.0. The fourth-order valence-corrected chi connectivity index (χ4v) is 2.11. The Bertz CT molecular complexity index is 656. The molecular weight excluding hydrogens is 286 g/mol. The summed E-state index contributed by atoms with van der Waals surface area (Å²) in [5.74, 6) is -1.43. The van der Waals surface area contributed by atoms with Gasteiger partial charge < -0.3 is 4.74 Å². The SMILES string of the molecule is COc1cccc(CC(=O)c2ccc(F)cc2Cl)c1F. The summed E-state index contributed by atoms with van der Waals surface area (Å²) < 4.78 is 31.7. The average Bonchev–Trinajstić information content (AvgIpc) is 2.41. The number of halogens is 3. The van der Waals surface area contributed by atoms with Crippen molar-refractivity contribution in [3.63, 3.8) is 0 Å². The van der Waals surface area contributed by atoms with Crippen molar-refractivity contribution in [2.75, 3.05) is 7.11 Å². The fraction of sp³-hybridized carbons (Fsp3) is 0.133. The van der Waals surface area contributed by atoms with Gasteiger partial charge in [-0.25, -0.2) is 8.78 Å². The van der Waals surface area contributed by atoms with E-state index in [1.807, 2.05) is 0 Å². The lowest BCUT2D eigenvalue weighted by molar-refractivity contribution is 0.0992. The van der Waals surface area contributed by atoms with E-state index in [1.54, 1.807) is 6.07 Å². The minimum Gasteiger partial charge on any atom is -0.494 e. The molecule has 2 nitrogen and oxygen atoms in total. The Balaban J connectivity index is 2.28. The maximum Gasteiger partial charge on any atom is 0.168 e. The summed E-state index contributed by atoms with van der Waals surface area (Å²) in [6.07, 6.45) is -0.172. The van der Waals surface area contributed by atoms with Crippen molar-refractivity contribution in [1.82, 2.24) is 0 Å². The van der Waals surface area contributed by atoms with Gasteiger partial charge in [-0.15, -0.1) is 0 Å². The van der Waals surface area contributed by atoms with Crippen LogP contribution in [0.5, 0.6) is 5.75 Å². The third-order valence-corrected chi connectivity index (χ3v) is 3.16. The van der Waals surface area contributed by atoms with E-state index in [0.29, 0.717) is 0 Å². The van der Waals surface area contributed by atoms with Crippen molar-refractivity contribution in [1.29, 1.82) is 0 Å². The van der Waals surface area contributed by atoms with E-state index in [0.717, 1.165) is 12.1 Å². The summed E-state index contributed by atoms with van der Waals surface area (Å²) in [6, 6.07) is 8.04. The van der Waals surface area contributed by atoms with Crippen molar-refractivity contribution in [2.45, 2.75) is 6.42 Å². The minimum absolute atomic E-state index is 0.0123. The average molecular weight is 297 g/mol. The molecule has 0 aliphatic rings. The van der Waals surface area contributed by atoms with Gasteiger partial charge in [0.15, 0.2) is 17.3 Å². The summed E-state index contributed by atoms with van der Waals surface area (Å²) in [5, 5.41) is 0.0123. The van der Waals surface area contributed by atoms with Gasteiger partial charge in [-0.3, -0.25) is 4.79 Å². The molecule has 0 atom stereocenters. The topological polar surface area (TPSA) is 26.3 Å². The van der Waals surface area contributed by atoms with Crippen LogP contribution < -0.4 is 4.74 Å². The molecule has 0 spiro atoms. The van der Waals surface area contributed by atoms with Gasteiger partial charge in [0, 0.05) is 12.0 Å². The van der Waals surface area contributed by atoms with Crippen LogP contribution in [0, 0.1) is 11.6 Å². The summed E-state index contributed by atoms with van der Waals surface area (Å²) in [4.78, 5) is 12.1. The van der Waals surface area contributed by atoms with Crippen LogP contribution in [0.15, 0.2) is 36.4 Å². The van der Waals surface area contributed by atoms with E-state index in [9.17, 15) is 13.6 Å². The molecule has 0 saturated heterocycles. The summed E-state index contributed by atoms with van der Waals surface area (Å²) in [7, 11) is 1.35. The Labute approximate surface area is 119 Å². The Morgan fingerprint density at radius 3 is 2.65 bits per heavy atom. The molecular formula is C15H11ClF2O2. The van der Waals surface area contributed by atoms with Crippen LogP contribution in [0.4, 0.5) is 8.78 Å². The molecule has 0 unspecified atom stereocenters. The van der Waals surface area contributed by atoms with Crippen LogP contribution in [0.3, 0.4) is 0 Å². The fourth-order valence-electron chi connectivity index (χ4n) is 1.83. The predicted molar refractivity (Wildman–Crippen MR) is 72.4 cm³/mol. The third-order valence-electron chi connectivity index (χ3n) is 2.85. The Kier molecular flexibility index (Phi) is 4.35. The van der Waals surface area contributed by atoms with Crippen molar-refractivity contribution >= 4 is 17.4 Å². The quantitative estimate of drug-likeness (QED) is 0.796. The lowest BCUT2D eigenvalue weighted by Gasteiger charge is -2.08. The molecule has 2 aromatic carbocycles. The van der Waals surface area contributed by atoms with Gasteiger partial charge >= 0.3 is 0 Å². The largest absolute Gasteiger partial charge is 0.494 e. The highest BCUT2D eigenvalue weighted by Gasteiger charge is 2.16. The number of hydrogen-bond acceptors (Lipinski definition) is 2. The molecule has 104 valence electrons. The van der Waals surface area contributed by atoms with E-state index in [4.69, 9.17) is 16.3 Å². The van der Waals surface area contributed by atoms with E-state index >= 15 is 0 Å². The van der Waals surface area contributed by atoms with Gasteiger partial charge in [0.05, 0.1) is 12.1 Å². The first kappa shape index (κ1) is 14.5. The number of ether oxygens (including phenoxy) is 1. The van der Waals surface area contributed by atoms with Crippen molar-refractivity contribution in [2.24, 2.45) is 0 Å². The van der Waals surface area contributed by atoms with E-state index in [-0.39, 0.29) is 34.1 Å². The summed E-state index contributed by atoms with van der Waals surface area (Å²) in [6.45, 7) is 0. The van der Waals surface area contributed by atoms with Gasteiger partial charge in [-0.2, -0.15) is 0 Å². The van der Waals surface area contributed by atoms with Crippen molar-refractivity contribution < 1.29 is 18.3 Å². The highest BCUT2D eigenvalue weighted by Crippen LogP contribution is 2.23. The molecule has 2 aromatic rings. The Hall–Kier alpha value is -1.94. The molecule has 0 heterocycles. The smallest absolute Gasteiger partial charge is 0.168 e. The molecule has 0 saturated carbocycles. The zero-order valence-corrected chi connectivity index (χ0v) is 11.4. The predicted octanol–water partition coefficient (Wildman–Crippen LogP) is 4.05. The first-order chi connectivity index (χ1) is 9.52. The second-order valence-electron chi connectivity index (χ2n) is 4.16. The highest BCUT2D eigenvalue weighted by atomic mass is 35.5. The molecule has 0 amide bonds. The number of benzene rings is 2. The number of Topliss-reactive ketones (excluding diaryl/α,β-unsaturated/α-hetero) is 1. The second kappa shape index (κ2) is 6.01. The summed E-state index contributed by atoms with van der Waals surface area (Å²) in [5.41, 5.74) is 0.366. The maximum atomic E-state index is 13.9. The van der Waals surface area contributed by atoms with Gasteiger partial charge in [0.25, 0.3) is 0 Å². The number of rotatable bonds is 4. The molecule has 0 fully saturated rings. The number of hydrogen-bond donors (Lipinski definition) is 0. The molecule has 0 aliphatic carbocycles. The number of methoxy groups -OCH3 is 1. The standard InChI is InChI=1S/C15H11ClF2O2/c1-20-14-4-2-3-9(15(14)18)7-13(19)11-6-5-10(17)8-12(11)16/h2-6,8H,7H2,1H3.